The van der Waals surface area contributed by atoms with Gasteiger partial charge in [0.2, 0.25) is 5.91 Å². The Morgan fingerprint density at radius 3 is 2.78 bits per heavy atom. The molecule has 2 aromatic heterocycles. The largest absolute Gasteiger partial charge is 0.373 e. The van der Waals surface area contributed by atoms with Crippen molar-refractivity contribution in [1.82, 2.24) is 19.9 Å². The fourth-order valence-corrected chi connectivity index (χ4v) is 4.28. The quantitative estimate of drug-likeness (QED) is 0.898. The molecule has 1 aliphatic heterocycles. The Morgan fingerprint density at radius 1 is 1.19 bits per heavy atom. The summed E-state index contributed by atoms with van der Waals surface area (Å²) < 4.78 is 0. The lowest BCUT2D eigenvalue weighted by atomic mass is 9.93. The molecule has 4 rings (SSSR count). The Morgan fingerprint density at radius 2 is 2.04 bits per heavy atom. The molecule has 2 fully saturated rings. The van der Waals surface area contributed by atoms with E-state index >= 15 is 0 Å². The smallest absolute Gasteiger partial charge is 0.225 e. The molecule has 1 atom stereocenters. The fourth-order valence-electron chi connectivity index (χ4n) is 4.28. The van der Waals surface area contributed by atoms with E-state index in [0.29, 0.717) is 11.7 Å². The SMILES string of the molecule is CNc1cc(C2CCCN(C(=O)C3CCCC3)C2)nc(-c2cccnc2)n1. The van der Waals surface area contributed by atoms with Crippen LogP contribution in [0.2, 0.25) is 0 Å². The first-order valence-corrected chi connectivity index (χ1v) is 10.0. The Bertz CT molecular complexity index is 788. The van der Waals surface area contributed by atoms with Crippen molar-refractivity contribution in [1.29, 1.82) is 0 Å². The first-order chi connectivity index (χ1) is 13.2. The minimum absolute atomic E-state index is 0.243. The molecule has 2 aromatic rings. The highest BCUT2D eigenvalue weighted by molar-refractivity contribution is 5.79. The van der Waals surface area contributed by atoms with Crippen LogP contribution >= 0.6 is 0 Å². The van der Waals surface area contributed by atoms with Gasteiger partial charge in [-0.3, -0.25) is 9.78 Å². The number of likely N-dealkylation sites (tertiary alicyclic amines) is 1. The zero-order chi connectivity index (χ0) is 18.6. The normalized spacial score (nSPS) is 20.6. The highest BCUT2D eigenvalue weighted by Gasteiger charge is 2.31. The number of carbonyl (C=O) groups is 1. The van der Waals surface area contributed by atoms with Crippen molar-refractivity contribution in [3.8, 4) is 11.4 Å². The Labute approximate surface area is 160 Å². The van der Waals surface area contributed by atoms with Gasteiger partial charge in [-0.25, -0.2) is 9.97 Å². The van der Waals surface area contributed by atoms with Crippen LogP contribution in [0.15, 0.2) is 30.6 Å². The number of amides is 1. The molecule has 0 spiro atoms. The van der Waals surface area contributed by atoms with Gasteiger partial charge in [-0.1, -0.05) is 12.8 Å². The molecule has 2 aliphatic rings. The van der Waals surface area contributed by atoms with Crippen LogP contribution in [0.3, 0.4) is 0 Å². The fraction of sp³-hybridized carbons (Fsp3) is 0.524. The van der Waals surface area contributed by atoms with Crippen molar-refractivity contribution in [2.45, 2.75) is 44.4 Å². The summed E-state index contributed by atoms with van der Waals surface area (Å²) in [6.45, 7) is 1.65. The monoisotopic (exact) mass is 365 g/mol. The van der Waals surface area contributed by atoms with Crippen LogP contribution < -0.4 is 5.32 Å². The number of piperidine rings is 1. The second kappa shape index (κ2) is 8.03. The molecule has 6 nitrogen and oxygen atoms in total. The molecule has 27 heavy (non-hydrogen) atoms. The number of aromatic nitrogens is 3. The predicted molar refractivity (Wildman–Crippen MR) is 105 cm³/mol. The number of nitrogens with zero attached hydrogens (tertiary/aromatic N) is 4. The van der Waals surface area contributed by atoms with Crippen LogP contribution in [-0.4, -0.2) is 45.9 Å². The van der Waals surface area contributed by atoms with Gasteiger partial charge in [-0.05, 0) is 37.8 Å². The molecule has 6 heteroatoms. The van der Waals surface area contributed by atoms with Crippen molar-refractivity contribution in [2.75, 3.05) is 25.5 Å². The lowest BCUT2D eigenvalue weighted by Crippen LogP contribution is -2.42. The summed E-state index contributed by atoms with van der Waals surface area (Å²) in [6, 6.07) is 5.89. The summed E-state index contributed by atoms with van der Waals surface area (Å²) in [5.74, 6) is 2.34. The average molecular weight is 365 g/mol. The van der Waals surface area contributed by atoms with E-state index in [1.807, 2.05) is 25.2 Å². The molecule has 0 bridgehead atoms. The maximum atomic E-state index is 12.9. The third kappa shape index (κ3) is 3.94. The van der Waals surface area contributed by atoms with E-state index in [4.69, 9.17) is 4.98 Å². The summed E-state index contributed by atoms with van der Waals surface area (Å²) in [7, 11) is 1.87. The van der Waals surface area contributed by atoms with E-state index in [2.05, 4.69) is 20.2 Å². The van der Waals surface area contributed by atoms with Gasteiger partial charge < -0.3 is 10.2 Å². The molecule has 1 saturated carbocycles. The topological polar surface area (TPSA) is 71.0 Å². The van der Waals surface area contributed by atoms with Gasteiger partial charge in [0, 0.05) is 56.0 Å². The number of nitrogens with one attached hydrogen (secondary N) is 1. The Hall–Kier alpha value is -2.50. The predicted octanol–water partition coefficient (Wildman–Crippen LogP) is 3.48. The van der Waals surface area contributed by atoms with Crippen LogP contribution in [-0.2, 0) is 4.79 Å². The molecule has 1 unspecified atom stereocenters. The van der Waals surface area contributed by atoms with Crippen molar-refractivity contribution >= 4 is 11.7 Å². The van der Waals surface area contributed by atoms with Crippen LogP contribution in [0.1, 0.15) is 50.1 Å². The molecule has 142 valence electrons. The number of carbonyl (C=O) groups excluding carboxylic acids is 1. The highest BCUT2D eigenvalue weighted by atomic mass is 16.2. The Balaban J connectivity index is 1.57. The summed E-state index contributed by atoms with van der Waals surface area (Å²) in [4.78, 5) is 28.6. The first kappa shape index (κ1) is 17.9. The van der Waals surface area contributed by atoms with E-state index in [-0.39, 0.29) is 11.8 Å². The summed E-state index contributed by atoms with van der Waals surface area (Å²) >= 11 is 0. The van der Waals surface area contributed by atoms with Gasteiger partial charge in [0.05, 0.1) is 5.69 Å². The van der Waals surface area contributed by atoms with E-state index in [1.165, 1.54) is 12.8 Å². The van der Waals surface area contributed by atoms with E-state index < -0.39 is 0 Å². The number of pyridine rings is 1. The summed E-state index contributed by atoms with van der Waals surface area (Å²) in [5, 5.41) is 3.14. The second-order valence-corrected chi connectivity index (χ2v) is 7.60. The first-order valence-electron chi connectivity index (χ1n) is 10.0. The van der Waals surface area contributed by atoms with Gasteiger partial charge in [0.1, 0.15) is 5.82 Å². The molecule has 1 N–H and O–H groups in total. The minimum Gasteiger partial charge on any atom is -0.373 e. The number of anilines is 1. The van der Waals surface area contributed by atoms with Gasteiger partial charge in [-0.2, -0.15) is 0 Å². The number of hydrogen-bond acceptors (Lipinski definition) is 5. The summed E-state index contributed by atoms with van der Waals surface area (Å²) in [5.41, 5.74) is 1.92. The minimum atomic E-state index is 0.243. The molecule has 0 radical (unpaired) electrons. The van der Waals surface area contributed by atoms with E-state index in [9.17, 15) is 4.79 Å². The zero-order valence-corrected chi connectivity index (χ0v) is 15.9. The lowest BCUT2D eigenvalue weighted by Gasteiger charge is -2.34. The van der Waals surface area contributed by atoms with Crippen LogP contribution in [0.4, 0.5) is 5.82 Å². The number of hydrogen-bond donors (Lipinski definition) is 1. The van der Waals surface area contributed by atoms with Crippen LogP contribution in [0.5, 0.6) is 0 Å². The molecule has 1 saturated heterocycles. The van der Waals surface area contributed by atoms with Crippen molar-refractivity contribution in [3.63, 3.8) is 0 Å². The molecule has 0 aromatic carbocycles. The van der Waals surface area contributed by atoms with Crippen LogP contribution in [0.25, 0.3) is 11.4 Å². The molecular weight excluding hydrogens is 338 g/mol. The van der Waals surface area contributed by atoms with Gasteiger partial charge in [0.25, 0.3) is 0 Å². The second-order valence-electron chi connectivity index (χ2n) is 7.60. The highest BCUT2D eigenvalue weighted by Crippen LogP contribution is 2.32. The molecular formula is C21H27N5O. The average Bonchev–Trinajstić information content (AvgIpc) is 3.28. The van der Waals surface area contributed by atoms with Gasteiger partial charge in [0.15, 0.2) is 5.82 Å². The van der Waals surface area contributed by atoms with Crippen LogP contribution in [0, 0.1) is 5.92 Å². The zero-order valence-electron chi connectivity index (χ0n) is 15.9. The molecule has 1 aliphatic carbocycles. The van der Waals surface area contributed by atoms with Gasteiger partial charge in [-0.15, -0.1) is 0 Å². The Kier molecular flexibility index (Phi) is 5.32. The van der Waals surface area contributed by atoms with E-state index in [1.54, 1.807) is 12.4 Å². The van der Waals surface area contributed by atoms with Crippen molar-refractivity contribution in [2.24, 2.45) is 5.92 Å². The molecule has 1 amide bonds. The number of rotatable bonds is 4. The van der Waals surface area contributed by atoms with Crippen molar-refractivity contribution < 1.29 is 4.79 Å². The maximum Gasteiger partial charge on any atom is 0.225 e. The lowest BCUT2D eigenvalue weighted by molar-refractivity contribution is -0.136. The van der Waals surface area contributed by atoms with E-state index in [0.717, 1.165) is 55.8 Å². The standard InChI is InChI=1S/C21H27N5O/c1-22-19-12-18(24-20(25-19)16-8-4-10-23-13-16)17-9-5-11-26(14-17)21(27)15-6-2-3-7-15/h4,8,10,12-13,15,17H,2-3,5-7,9,11,14H2,1H3,(H,22,24,25). The summed E-state index contributed by atoms with van der Waals surface area (Å²) in [6.07, 6.45) is 10.1. The third-order valence-corrected chi connectivity index (χ3v) is 5.78. The molecule has 3 heterocycles. The maximum absolute atomic E-state index is 12.9. The third-order valence-electron chi connectivity index (χ3n) is 5.78. The van der Waals surface area contributed by atoms with Gasteiger partial charge >= 0.3 is 0 Å². The van der Waals surface area contributed by atoms with Crippen molar-refractivity contribution in [3.05, 3.63) is 36.3 Å².